The number of amides is 1. The van der Waals surface area contributed by atoms with E-state index in [0.29, 0.717) is 24.3 Å². The second-order valence-corrected chi connectivity index (χ2v) is 6.52. The number of hydrogen-bond donors (Lipinski definition) is 1. The molecule has 1 atom stereocenters. The van der Waals surface area contributed by atoms with Gasteiger partial charge >= 0.3 is 5.97 Å². The molecule has 0 aliphatic carbocycles. The van der Waals surface area contributed by atoms with Crippen LogP contribution in [0.1, 0.15) is 39.0 Å². The van der Waals surface area contributed by atoms with Crippen LogP contribution in [-0.4, -0.2) is 48.6 Å². The maximum atomic E-state index is 12.5. The Bertz CT molecular complexity index is 842. The van der Waals surface area contributed by atoms with Gasteiger partial charge in [0, 0.05) is 36.2 Å². The Morgan fingerprint density at radius 2 is 1.82 bits per heavy atom. The maximum Gasteiger partial charge on any atom is 0.328 e. The van der Waals surface area contributed by atoms with Crippen LogP contribution in [0, 0.1) is 13.8 Å². The summed E-state index contributed by atoms with van der Waals surface area (Å²) < 4.78 is 12.2. The zero-order valence-electron chi connectivity index (χ0n) is 16.7. The van der Waals surface area contributed by atoms with E-state index in [9.17, 15) is 14.4 Å². The van der Waals surface area contributed by atoms with Gasteiger partial charge in [0.1, 0.15) is 6.04 Å². The highest BCUT2D eigenvalue weighted by Gasteiger charge is 2.21. The Balaban J connectivity index is 1.91. The Kier molecular flexibility index (Phi) is 7.52. The van der Waals surface area contributed by atoms with Crippen LogP contribution in [0.5, 0.6) is 0 Å². The Morgan fingerprint density at radius 3 is 2.46 bits per heavy atom. The molecule has 0 saturated carbocycles. The van der Waals surface area contributed by atoms with Gasteiger partial charge in [0.15, 0.2) is 6.61 Å². The molecule has 2 aromatic rings. The highest BCUT2D eigenvalue weighted by Crippen LogP contribution is 2.16. The number of carbonyl (C=O) groups is 3. The molecule has 0 fully saturated rings. The molecular formula is C21H26N2O5. The van der Waals surface area contributed by atoms with Gasteiger partial charge < -0.3 is 19.4 Å². The van der Waals surface area contributed by atoms with E-state index in [4.69, 9.17) is 9.47 Å². The van der Waals surface area contributed by atoms with Crippen molar-refractivity contribution < 1.29 is 23.9 Å². The average molecular weight is 386 g/mol. The predicted molar refractivity (Wildman–Crippen MR) is 104 cm³/mol. The monoisotopic (exact) mass is 386 g/mol. The van der Waals surface area contributed by atoms with Crippen LogP contribution in [0.25, 0.3) is 0 Å². The number of ketones is 1. The smallest absolute Gasteiger partial charge is 0.328 e. The molecule has 0 aliphatic heterocycles. The van der Waals surface area contributed by atoms with E-state index in [-0.39, 0.29) is 18.3 Å². The van der Waals surface area contributed by atoms with Crippen molar-refractivity contribution in [3.05, 3.63) is 58.9 Å². The van der Waals surface area contributed by atoms with Crippen molar-refractivity contribution in [2.45, 2.75) is 33.4 Å². The fourth-order valence-electron chi connectivity index (χ4n) is 2.88. The number of hydrogen-bond acceptors (Lipinski definition) is 5. The van der Waals surface area contributed by atoms with Crippen molar-refractivity contribution in [1.82, 2.24) is 9.88 Å². The summed E-state index contributed by atoms with van der Waals surface area (Å²) in [7, 11) is 1.62. The number of aryl methyl sites for hydroxylation is 1. The first-order valence-corrected chi connectivity index (χ1v) is 9.06. The summed E-state index contributed by atoms with van der Waals surface area (Å²) in [5, 5.41) is 2.56. The van der Waals surface area contributed by atoms with Crippen molar-refractivity contribution in [1.29, 1.82) is 0 Å². The highest BCUT2D eigenvalue weighted by molar-refractivity contribution is 6.00. The number of methoxy groups -OCH3 is 1. The summed E-state index contributed by atoms with van der Waals surface area (Å²) in [6.07, 6.45) is 0. The minimum absolute atomic E-state index is 0.285. The van der Waals surface area contributed by atoms with E-state index in [0.717, 1.165) is 11.4 Å². The number of ether oxygens (including phenoxy) is 2. The topological polar surface area (TPSA) is 86.6 Å². The van der Waals surface area contributed by atoms with Crippen LogP contribution >= 0.6 is 0 Å². The van der Waals surface area contributed by atoms with Gasteiger partial charge in [-0.2, -0.15) is 0 Å². The minimum atomic E-state index is -0.866. The van der Waals surface area contributed by atoms with E-state index in [1.807, 2.05) is 18.4 Å². The Labute approximate surface area is 164 Å². The second-order valence-electron chi connectivity index (χ2n) is 6.52. The lowest BCUT2D eigenvalue weighted by Crippen LogP contribution is -2.40. The van der Waals surface area contributed by atoms with Gasteiger partial charge in [0.2, 0.25) is 5.78 Å². The van der Waals surface area contributed by atoms with Gasteiger partial charge in [-0.25, -0.2) is 4.79 Å². The molecule has 0 aliphatic rings. The molecule has 1 heterocycles. The normalized spacial score (nSPS) is 11.7. The lowest BCUT2D eigenvalue weighted by molar-refractivity contribution is -0.144. The number of aromatic nitrogens is 1. The molecular weight excluding hydrogens is 360 g/mol. The number of Topliss-reactive ketones (excluding diaryl/α,β-unsaturated/α-hetero) is 1. The number of esters is 1. The molecule has 0 unspecified atom stereocenters. The summed E-state index contributed by atoms with van der Waals surface area (Å²) >= 11 is 0. The Hall–Kier alpha value is -2.93. The van der Waals surface area contributed by atoms with Crippen LogP contribution in [0.2, 0.25) is 0 Å². The lowest BCUT2D eigenvalue weighted by Gasteiger charge is -2.13. The number of rotatable bonds is 9. The third-order valence-electron chi connectivity index (χ3n) is 4.48. The van der Waals surface area contributed by atoms with Gasteiger partial charge in [-0.1, -0.05) is 18.2 Å². The van der Waals surface area contributed by atoms with Gasteiger partial charge in [0.05, 0.1) is 6.61 Å². The van der Waals surface area contributed by atoms with E-state index in [1.165, 1.54) is 6.92 Å². The van der Waals surface area contributed by atoms with Gasteiger partial charge in [-0.3, -0.25) is 9.59 Å². The molecule has 0 bridgehead atoms. The highest BCUT2D eigenvalue weighted by atomic mass is 16.5. The zero-order chi connectivity index (χ0) is 20.7. The molecule has 150 valence electrons. The molecule has 1 N–H and O–H groups in total. The van der Waals surface area contributed by atoms with Crippen molar-refractivity contribution in [3.63, 3.8) is 0 Å². The van der Waals surface area contributed by atoms with Crippen molar-refractivity contribution in [2.75, 3.05) is 20.3 Å². The van der Waals surface area contributed by atoms with E-state index in [2.05, 4.69) is 5.32 Å². The van der Waals surface area contributed by atoms with Gasteiger partial charge in [-0.05, 0) is 39.0 Å². The largest absolute Gasteiger partial charge is 0.456 e. The van der Waals surface area contributed by atoms with Crippen molar-refractivity contribution in [2.24, 2.45) is 0 Å². The molecule has 7 heteroatoms. The van der Waals surface area contributed by atoms with E-state index >= 15 is 0 Å². The third kappa shape index (κ3) is 5.29. The number of benzene rings is 1. The SMILES string of the molecule is COCCn1c(C)cc(C(=O)COC(=O)[C@H](C)NC(=O)c2ccccc2)c1C. The molecule has 0 spiro atoms. The standard InChI is InChI=1S/C21H26N2O5/c1-14-12-18(16(3)23(14)10-11-27-4)19(24)13-28-21(26)15(2)22-20(25)17-8-6-5-7-9-17/h5-9,12,15H,10-11,13H2,1-4H3,(H,22,25)/t15-/m0/s1. The van der Waals surface area contributed by atoms with Gasteiger partial charge in [0.25, 0.3) is 5.91 Å². The molecule has 7 nitrogen and oxygen atoms in total. The zero-order valence-corrected chi connectivity index (χ0v) is 16.7. The minimum Gasteiger partial charge on any atom is -0.456 e. The molecule has 2 rings (SSSR count). The first kappa shape index (κ1) is 21.4. The number of carbonyl (C=O) groups excluding carboxylic acids is 3. The third-order valence-corrected chi connectivity index (χ3v) is 4.48. The average Bonchev–Trinajstić information content (AvgIpc) is 2.98. The van der Waals surface area contributed by atoms with Crippen LogP contribution in [0.15, 0.2) is 36.4 Å². The molecule has 1 amide bonds. The first-order chi connectivity index (χ1) is 13.3. The number of nitrogens with one attached hydrogen (secondary N) is 1. The fourth-order valence-corrected chi connectivity index (χ4v) is 2.88. The quantitative estimate of drug-likeness (QED) is 0.528. The van der Waals surface area contributed by atoms with Crippen LogP contribution in [0.3, 0.4) is 0 Å². The first-order valence-electron chi connectivity index (χ1n) is 9.06. The summed E-state index contributed by atoms with van der Waals surface area (Å²) in [6.45, 7) is 6.08. The lowest BCUT2D eigenvalue weighted by atomic mass is 10.1. The summed E-state index contributed by atoms with van der Waals surface area (Å²) in [6, 6.07) is 9.48. The summed E-state index contributed by atoms with van der Waals surface area (Å²) in [5.41, 5.74) is 2.71. The van der Waals surface area contributed by atoms with Crippen molar-refractivity contribution >= 4 is 17.7 Å². The molecule has 28 heavy (non-hydrogen) atoms. The van der Waals surface area contributed by atoms with Crippen molar-refractivity contribution in [3.8, 4) is 0 Å². The van der Waals surface area contributed by atoms with E-state index in [1.54, 1.807) is 43.5 Å². The van der Waals surface area contributed by atoms with Crippen LogP contribution < -0.4 is 5.32 Å². The Morgan fingerprint density at radius 1 is 1.14 bits per heavy atom. The van der Waals surface area contributed by atoms with Crippen LogP contribution in [0.4, 0.5) is 0 Å². The fraction of sp³-hybridized carbons (Fsp3) is 0.381. The predicted octanol–water partition coefficient (Wildman–Crippen LogP) is 2.30. The second kappa shape index (κ2) is 9.85. The molecule has 1 aromatic heterocycles. The molecule has 0 saturated heterocycles. The summed E-state index contributed by atoms with van der Waals surface area (Å²) in [5.74, 6) is -1.32. The van der Waals surface area contributed by atoms with Crippen LogP contribution in [-0.2, 0) is 20.8 Å². The molecule has 0 radical (unpaired) electrons. The van der Waals surface area contributed by atoms with E-state index < -0.39 is 12.0 Å². The maximum absolute atomic E-state index is 12.5. The summed E-state index contributed by atoms with van der Waals surface area (Å²) in [4.78, 5) is 36.7. The van der Waals surface area contributed by atoms with Gasteiger partial charge in [-0.15, -0.1) is 0 Å². The number of nitrogens with zero attached hydrogens (tertiary/aromatic N) is 1. The molecule has 1 aromatic carbocycles.